The number of unbranched alkanes of at least 4 members (excludes halogenated alkanes) is 18. The van der Waals surface area contributed by atoms with Crippen LogP contribution in [-0.4, -0.2) is 50.3 Å². The Morgan fingerprint density at radius 2 is 0.714 bits per heavy atom. The van der Waals surface area contributed by atoms with Crippen molar-refractivity contribution < 1.29 is 9.90 Å². The van der Waals surface area contributed by atoms with Gasteiger partial charge in [0, 0.05) is 19.5 Å². The van der Waals surface area contributed by atoms with Crippen molar-refractivity contribution in [1.82, 2.24) is 16.0 Å². The molecule has 0 aromatic carbocycles. The highest BCUT2D eigenvalue weighted by Crippen LogP contribution is 2.13. The predicted molar refractivity (Wildman–Crippen MR) is 153 cm³/mol. The fourth-order valence-electron chi connectivity index (χ4n) is 4.55. The lowest BCUT2D eigenvalue weighted by Crippen LogP contribution is -2.28. The molecule has 0 atom stereocenters. The van der Waals surface area contributed by atoms with Crippen LogP contribution in [0.3, 0.4) is 0 Å². The summed E-state index contributed by atoms with van der Waals surface area (Å²) in [6.07, 6.45) is 28.4. The van der Waals surface area contributed by atoms with Crippen molar-refractivity contribution in [3.05, 3.63) is 0 Å². The second kappa shape index (κ2) is 31.4. The summed E-state index contributed by atoms with van der Waals surface area (Å²) < 4.78 is 0. The number of nitrogens with one attached hydrogen (secondary N) is 3. The molecular weight excluding hydrogens is 434 g/mol. The van der Waals surface area contributed by atoms with Crippen LogP contribution in [0.5, 0.6) is 0 Å². The van der Waals surface area contributed by atoms with Gasteiger partial charge in [0.2, 0.25) is 0 Å². The van der Waals surface area contributed by atoms with E-state index in [9.17, 15) is 4.79 Å². The van der Waals surface area contributed by atoms with Crippen LogP contribution < -0.4 is 16.0 Å². The summed E-state index contributed by atoms with van der Waals surface area (Å²) in [6, 6.07) is 0. The fraction of sp³-hybridized carbons (Fsp3) is 0.967. The Balaban J connectivity index is 3.01. The van der Waals surface area contributed by atoms with Crippen LogP contribution in [0, 0.1) is 0 Å². The average Bonchev–Trinajstić information content (AvgIpc) is 2.85. The van der Waals surface area contributed by atoms with Crippen LogP contribution in [-0.2, 0) is 4.79 Å². The second-order valence-electron chi connectivity index (χ2n) is 10.5. The molecule has 0 rings (SSSR count). The predicted octanol–water partition coefficient (Wildman–Crippen LogP) is 7.44. The minimum Gasteiger partial charge on any atom is -0.481 e. The van der Waals surface area contributed by atoms with Gasteiger partial charge in [0.05, 0.1) is 0 Å². The molecular formula is C30H63N3O2. The molecule has 0 fully saturated rings. The van der Waals surface area contributed by atoms with Crippen molar-refractivity contribution in [2.75, 3.05) is 39.3 Å². The maximum atomic E-state index is 10.4. The molecule has 0 aromatic rings. The summed E-state index contributed by atoms with van der Waals surface area (Å²) in [5.41, 5.74) is 0. The van der Waals surface area contributed by atoms with Crippen LogP contribution >= 0.6 is 0 Å². The number of rotatable bonds is 31. The van der Waals surface area contributed by atoms with E-state index >= 15 is 0 Å². The van der Waals surface area contributed by atoms with Crippen LogP contribution in [0.15, 0.2) is 0 Å². The first-order valence-electron chi connectivity index (χ1n) is 15.6. The van der Waals surface area contributed by atoms with Crippen molar-refractivity contribution in [3.63, 3.8) is 0 Å². The third kappa shape index (κ3) is 33.3. The third-order valence-corrected chi connectivity index (χ3v) is 6.89. The van der Waals surface area contributed by atoms with Gasteiger partial charge < -0.3 is 21.1 Å². The summed E-state index contributed by atoms with van der Waals surface area (Å²) in [7, 11) is 0. The number of hydrogen-bond donors (Lipinski definition) is 4. The smallest absolute Gasteiger partial charge is 0.303 e. The van der Waals surface area contributed by atoms with Gasteiger partial charge in [-0.05, 0) is 58.3 Å². The molecule has 0 radical (unpaired) electrons. The summed E-state index contributed by atoms with van der Waals surface area (Å²) in [5, 5.41) is 19.2. The molecule has 0 amide bonds. The number of aliphatic carboxylic acids is 1. The summed E-state index contributed by atoms with van der Waals surface area (Å²) in [6.45, 7) is 8.84. The van der Waals surface area contributed by atoms with Gasteiger partial charge in [-0.3, -0.25) is 4.79 Å². The Bertz CT molecular complexity index is 407. The fourth-order valence-corrected chi connectivity index (χ4v) is 4.55. The summed E-state index contributed by atoms with van der Waals surface area (Å²) in [5.74, 6) is -0.678. The molecule has 5 heteroatoms. The molecule has 0 unspecified atom stereocenters. The summed E-state index contributed by atoms with van der Waals surface area (Å²) in [4.78, 5) is 10.4. The normalized spacial score (nSPS) is 11.3. The van der Waals surface area contributed by atoms with Crippen molar-refractivity contribution in [2.24, 2.45) is 0 Å². The van der Waals surface area contributed by atoms with E-state index < -0.39 is 5.97 Å². The Labute approximate surface area is 219 Å². The lowest BCUT2D eigenvalue weighted by Gasteiger charge is -2.07. The molecule has 0 saturated carbocycles. The molecule has 0 spiro atoms. The number of carboxylic acid groups (broad SMARTS) is 1. The standard InChI is InChI=1S/C30H63N3O2/c1-2-3-4-5-6-7-8-9-10-11-12-13-14-15-19-26-32-28-29-33-27-22-17-21-25-31-24-20-16-18-23-30(34)35/h31-33H,2-29H2,1H3,(H,34,35). The summed E-state index contributed by atoms with van der Waals surface area (Å²) >= 11 is 0. The number of carbonyl (C=O) groups is 1. The van der Waals surface area contributed by atoms with Crippen LogP contribution in [0.2, 0.25) is 0 Å². The van der Waals surface area contributed by atoms with Crippen molar-refractivity contribution in [1.29, 1.82) is 0 Å². The maximum Gasteiger partial charge on any atom is 0.303 e. The highest BCUT2D eigenvalue weighted by Gasteiger charge is 1.97. The Kier molecular flexibility index (Phi) is 30.8. The van der Waals surface area contributed by atoms with Crippen molar-refractivity contribution in [2.45, 2.75) is 148 Å². The van der Waals surface area contributed by atoms with Crippen LogP contribution in [0.4, 0.5) is 0 Å². The van der Waals surface area contributed by atoms with Crippen LogP contribution in [0.1, 0.15) is 148 Å². The monoisotopic (exact) mass is 497 g/mol. The Morgan fingerprint density at radius 3 is 1.09 bits per heavy atom. The van der Waals surface area contributed by atoms with E-state index in [1.807, 2.05) is 0 Å². The van der Waals surface area contributed by atoms with Gasteiger partial charge in [-0.1, -0.05) is 110 Å². The largest absolute Gasteiger partial charge is 0.481 e. The minimum atomic E-state index is -0.678. The van der Waals surface area contributed by atoms with E-state index in [1.54, 1.807) is 0 Å². The topological polar surface area (TPSA) is 73.4 Å². The molecule has 0 bridgehead atoms. The Hall–Kier alpha value is -0.650. The van der Waals surface area contributed by atoms with Gasteiger partial charge in [0.15, 0.2) is 0 Å². The number of carboxylic acids is 1. The molecule has 5 nitrogen and oxygen atoms in total. The molecule has 210 valence electrons. The third-order valence-electron chi connectivity index (χ3n) is 6.89. The van der Waals surface area contributed by atoms with E-state index in [0.717, 1.165) is 52.0 Å². The molecule has 0 aliphatic rings. The van der Waals surface area contributed by atoms with Crippen molar-refractivity contribution in [3.8, 4) is 0 Å². The first kappa shape index (κ1) is 34.4. The van der Waals surface area contributed by atoms with Crippen molar-refractivity contribution >= 4 is 5.97 Å². The van der Waals surface area contributed by atoms with Gasteiger partial charge in [0.1, 0.15) is 0 Å². The highest BCUT2D eigenvalue weighted by molar-refractivity contribution is 5.66. The lowest BCUT2D eigenvalue weighted by molar-refractivity contribution is -0.137. The molecule has 0 aromatic heterocycles. The van der Waals surface area contributed by atoms with Gasteiger partial charge in [0.25, 0.3) is 0 Å². The zero-order valence-electron chi connectivity index (χ0n) is 23.7. The first-order valence-corrected chi connectivity index (χ1v) is 15.6. The van der Waals surface area contributed by atoms with E-state index in [2.05, 4.69) is 22.9 Å². The molecule has 0 saturated heterocycles. The Morgan fingerprint density at radius 1 is 0.429 bits per heavy atom. The molecule has 0 heterocycles. The SMILES string of the molecule is CCCCCCCCCCCCCCCCCNCCNCCCCCNCCCCCC(=O)O. The second-order valence-corrected chi connectivity index (χ2v) is 10.5. The van der Waals surface area contributed by atoms with E-state index in [0.29, 0.717) is 6.42 Å². The quantitative estimate of drug-likeness (QED) is 0.0749. The molecule has 35 heavy (non-hydrogen) atoms. The van der Waals surface area contributed by atoms with Crippen LogP contribution in [0.25, 0.3) is 0 Å². The van der Waals surface area contributed by atoms with Gasteiger partial charge >= 0.3 is 5.97 Å². The van der Waals surface area contributed by atoms with E-state index in [1.165, 1.54) is 122 Å². The van der Waals surface area contributed by atoms with E-state index in [4.69, 9.17) is 5.11 Å². The zero-order valence-corrected chi connectivity index (χ0v) is 23.7. The molecule has 0 aliphatic carbocycles. The maximum absolute atomic E-state index is 10.4. The average molecular weight is 498 g/mol. The van der Waals surface area contributed by atoms with E-state index in [-0.39, 0.29) is 0 Å². The van der Waals surface area contributed by atoms with Gasteiger partial charge in [-0.25, -0.2) is 0 Å². The van der Waals surface area contributed by atoms with Gasteiger partial charge in [-0.15, -0.1) is 0 Å². The highest BCUT2D eigenvalue weighted by atomic mass is 16.4. The van der Waals surface area contributed by atoms with Gasteiger partial charge in [-0.2, -0.15) is 0 Å². The lowest BCUT2D eigenvalue weighted by atomic mass is 10.0. The molecule has 4 N–H and O–H groups in total. The first-order chi connectivity index (χ1) is 17.3. The molecule has 0 aliphatic heterocycles. The minimum absolute atomic E-state index is 0.308. The number of hydrogen-bond acceptors (Lipinski definition) is 4. The zero-order chi connectivity index (χ0) is 25.5.